The number of ether oxygens (including phenoxy) is 3. The van der Waals surface area contributed by atoms with Crippen LogP contribution in [0.2, 0.25) is 0 Å². The van der Waals surface area contributed by atoms with E-state index in [1.807, 2.05) is 0 Å². The highest BCUT2D eigenvalue weighted by Crippen LogP contribution is 2.32. The fourth-order valence-corrected chi connectivity index (χ4v) is 3.59. The molecule has 8 nitrogen and oxygen atoms in total. The van der Waals surface area contributed by atoms with Gasteiger partial charge in [-0.05, 0) is 59.8 Å². The molecule has 0 bridgehead atoms. The third-order valence-corrected chi connectivity index (χ3v) is 5.28. The molecule has 0 saturated carbocycles. The van der Waals surface area contributed by atoms with E-state index in [4.69, 9.17) is 14.2 Å². The van der Waals surface area contributed by atoms with E-state index in [0.717, 1.165) is 22.2 Å². The monoisotopic (exact) mass is 442 g/mol. The Hall–Kier alpha value is -3.46. The first-order valence-electron chi connectivity index (χ1n) is 9.43. The van der Waals surface area contributed by atoms with Crippen LogP contribution in [-0.4, -0.2) is 55.9 Å². The van der Waals surface area contributed by atoms with Gasteiger partial charge >= 0.3 is 0 Å². The van der Waals surface area contributed by atoms with Crippen LogP contribution in [-0.2, 0) is 9.59 Å². The molecule has 162 valence electrons. The SMILES string of the molecule is COc1ccc(C=C2SC(=O)N(CCNC(=O)COc3ccc(OC)cc3)C2=O)cc1. The maximum atomic E-state index is 12.5. The number of nitrogens with one attached hydrogen (secondary N) is 1. The van der Waals surface area contributed by atoms with E-state index < -0.39 is 0 Å². The van der Waals surface area contributed by atoms with Crippen LogP contribution in [0.1, 0.15) is 5.56 Å². The van der Waals surface area contributed by atoms with Crippen molar-refractivity contribution in [2.75, 3.05) is 33.9 Å². The van der Waals surface area contributed by atoms with Crippen LogP contribution in [0.3, 0.4) is 0 Å². The Bertz CT molecular complexity index is 973. The molecular formula is C22H22N2O6S. The number of methoxy groups -OCH3 is 2. The molecule has 3 rings (SSSR count). The minimum Gasteiger partial charge on any atom is -0.497 e. The van der Waals surface area contributed by atoms with Gasteiger partial charge < -0.3 is 19.5 Å². The maximum absolute atomic E-state index is 12.5. The second-order valence-corrected chi connectivity index (χ2v) is 7.41. The summed E-state index contributed by atoms with van der Waals surface area (Å²) in [6.07, 6.45) is 1.66. The van der Waals surface area contributed by atoms with Crippen LogP contribution in [0.4, 0.5) is 4.79 Å². The van der Waals surface area contributed by atoms with Crippen LogP contribution < -0.4 is 19.5 Å². The average molecular weight is 442 g/mol. The van der Waals surface area contributed by atoms with Crippen molar-refractivity contribution in [2.24, 2.45) is 0 Å². The van der Waals surface area contributed by atoms with Gasteiger partial charge in [-0.25, -0.2) is 0 Å². The lowest BCUT2D eigenvalue weighted by Crippen LogP contribution is -2.38. The number of hydrogen-bond acceptors (Lipinski definition) is 7. The van der Waals surface area contributed by atoms with Gasteiger partial charge in [0.2, 0.25) is 0 Å². The molecule has 0 spiro atoms. The standard InChI is InChI=1S/C22H22N2O6S/c1-28-16-5-3-15(4-6-16)13-19-21(26)24(22(27)31-19)12-11-23-20(25)14-30-18-9-7-17(29-2)8-10-18/h3-10,13H,11-12,14H2,1-2H3,(H,23,25). The molecule has 1 saturated heterocycles. The number of nitrogens with zero attached hydrogens (tertiary/aromatic N) is 1. The number of rotatable bonds is 9. The van der Waals surface area contributed by atoms with Crippen LogP contribution in [0, 0.1) is 0 Å². The first-order valence-corrected chi connectivity index (χ1v) is 10.2. The molecule has 0 aromatic heterocycles. The zero-order chi connectivity index (χ0) is 22.2. The molecule has 0 atom stereocenters. The second-order valence-electron chi connectivity index (χ2n) is 6.42. The molecule has 1 N–H and O–H groups in total. The number of carbonyl (C=O) groups excluding carboxylic acids is 3. The highest BCUT2D eigenvalue weighted by molar-refractivity contribution is 8.18. The fraction of sp³-hybridized carbons (Fsp3) is 0.227. The molecule has 3 amide bonds. The van der Waals surface area contributed by atoms with Gasteiger partial charge in [0.25, 0.3) is 17.1 Å². The number of thioether (sulfide) groups is 1. The number of amides is 3. The summed E-state index contributed by atoms with van der Waals surface area (Å²) < 4.78 is 15.6. The smallest absolute Gasteiger partial charge is 0.293 e. The van der Waals surface area contributed by atoms with E-state index in [-0.39, 0.29) is 36.7 Å². The van der Waals surface area contributed by atoms with E-state index in [0.29, 0.717) is 22.2 Å². The molecule has 0 unspecified atom stereocenters. The minimum atomic E-state index is -0.380. The Morgan fingerprint density at radius 2 is 1.55 bits per heavy atom. The van der Waals surface area contributed by atoms with Gasteiger partial charge in [-0.1, -0.05) is 12.1 Å². The van der Waals surface area contributed by atoms with Crippen molar-refractivity contribution in [2.45, 2.75) is 0 Å². The Balaban J connectivity index is 1.46. The van der Waals surface area contributed by atoms with Crippen molar-refractivity contribution >= 4 is 34.9 Å². The second kappa shape index (κ2) is 10.5. The molecule has 9 heteroatoms. The zero-order valence-electron chi connectivity index (χ0n) is 17.1. The number of imide groups is 1. The Morgan fingerprint density at radius 1 is 0.968 bits per heavy atom. The van der Waals surface area contributed by atoms with Gasteiger partial charge in [0.1, 0.15) is 17.2 Å². The Labute approximate surface area is 184 Å². The summed E-state index contributed by atoms with van der Waals surface area (Å²) in [5, 5.41) is 2.28. The first-order chi connectivity index (χ1) is 15.0. The molecule has 0 radical (unpaired) electrons. The molecule has 1 aliphatic heterocycles. The Kier molecular flexibility index (Phi) is 7.55. The van der Waals surface area contributed by atoms with E-state index in [1.165, 1.54) is 0 Å². The van der Waals surface area contributed by atoms with Crippen LogP contribution in [0.25, 0.3) is 6.08 Å². The van der Waals surface area contributed by atoms with Gasteiger partial charge in [0.05, 0.1) is 19.1 Å². The van der Waals surface area contributed by atoms with E-state index in [9.17, 15) is 14.4 Å². The summed E-state index contributed by atoms with van der Waals surface area (Å²) in [7, 11) is 3.14. The highest BCUT2D eigenvalue weighted by atomic mass is 32.2. The largest absolute Gasteiger partial charge is 0.497 e. The van der Waals surface area contributed by atoms with Crippen molar-refractivity contribution in [1.82, 2.24) is 10.2 Å². The predicted molar refractivity (Wildman–Crippen MR) is 117 cm³/mol. The first kappa shape index (κ1) is 22.2. The fourth-order valence-electron chi connectivity index (χ4n) is 2.72. The van der Waals surface area contributed by atoms with E-state index in [2.05, 4.69) is 5.32 Å². The van der Waals surface area contributed by atoms with Crippen molar-refractivity contribution in [3.8, 4) is 17.2 Å². The lowest BCUT2D eigenvalue weighted by molar-refractivity contribution is -0.125. The van der Waals surface area contributed by atoms with Crippen molar-refractivity contribution in [3.05, 3.63) is 59.0 Å². The van der Waals surface area contributed by atoms with Gasteiger partial charge in [0, 0.05) is 13.1 Å². The van der Waals surface area contributed by atoms with Crippen molar-refractivity contribution in [3.63, 3.8) is 0 Å². The summed E-state index contributed by atoms with van der Waals surface area (Å²) >= 11 is 0.876. The third kappa shape index (κ3) is 6.02. The molecule has 31 heavy (non-hydrogen) atoms. The van der Waals surface area contributed by atoms with Crippen LogP contribution >= 0.6 is 11.8 Å². The summed E-state index contributed by atoms with van der Waals surface area (Å²) in [6.45, 7) is 0.0448. The summed E-state index contributed by atoms with van der Waals surface area (Å²) in [6, 6.07) is 14.0. The minimum absolute atomic E-state index is 0.0822. The topological polar surface area (TPSA) is 94.2 Å². The lowest BCUT2D eigenvalue weighted by atomic mass is 10.2. The lowest BCUT2D eigenvalue weighted by Gasteiger charge is -2.13. The van der Waals surface area contributed by atoms with Gasteiger partial charge in [0.15, 0.2) is 6.61 Å². The van der Waals surface area contributed by atoms with Gasteiger partial charge in [-0.2, -0.15) is 0 Å². The molecule has 1 aliphatic rings. The highest BCUT2D eigenvalue weighted by Gasteiger charge is 2.34. The molecule has 2 aromatic rings. The normalized spacial score (nSPS) is 14.6. The predicted octanol–water partition coefficient (Wildman–Crippen LogP) is 2.94. The molecular weight excluding hydrogens is 420 g/mol. The average Bonchev–Trinajstić information content (AvgIpc) is 3.05. The summed E-state index contributed by atoms with van der Waals surface area (Å²) in [5.41, 5.74) is 0.787. The zero-order valence-corrected chi connectivity index (χ0v) is 17.9. The van der Waals surface area contributed by atoms with Crippen molar-refractivity contribution in [1.29, 1.82) is 0 Å². The maximum Gasteiger partial charge on any atom is 0.293 e. The number of hydrogen-bond donors (Lipinski definition) is 1. The van der Waals surface area contributed by atoms with Gasteiger partial charge in [-0.3, -0.25) is 19.3 Å². The molecule has 0 aliphatic carbocycles. The quantitative estimate of drug-likeness (QED) is 0.597. The number of benzene rings is 2. The number of carbonyl (C=O) groups is 3. The third-order valence-electron chi connectivity index (χ3n) is 4.37. The molecule has 1 fully saturated rings. The molecule has 1 heterocycles. The van der Waals surface area contributed by atoms with E-state index in [1.54, 1.807) is 68.8 Å². The Morgan fingerprint density at radius 3 is 2.16 bits per heavy atom. The van der Waals surface area contributed by atoms with E-state index >= 15 is 0 Å². The van der Waals surface area contributed by atoms with Gasteiger partial charge in [-0.15, -0.1) is 0 Å². The van der Waals surface area contributed by atoms with Crippen LogP contribution in [0.15, 0.2) is 53.4 Å². The summed E-state index contributed by atoms with van der Waals surface area (Å²) in [5.74, 6) is 1.20. The molecule has 2 aromatic carbocycles. The van der Waals surface area contributed by atoms with Crippen molar-refractivity contribution < 1.29 is 28.6 Å². The summed E-state index contributed by atoms with van der Waals surface area (Å²) in [4.78, 5) is 38.1. The van der Waals surface area contributed by atoms with Crippen LogP contribution in [0.5, 0.6) is 17.2 Å².